The number of aliphatic carboxylic acids is 1. The standard InChI is InChI=1S/C16H24F3NO3/c1-9-4-10(6-15(2,3)5-9)13(21)20-7-11(14(22)23)12(8-20)16(17,18)19/h9-12H,4-8H2,1-3H3,(H,22,23)/t9?,10?,11-,12-/m1/s1. The molecule has 1 aliphatic carbocycles. The molecule has 1 N–H and O–H groups in total. The molecule has 1 heterocycles. The van der Waals surface area contributed by atoms with Gasteiger partial charge >= 0.3 is 12.1 Å². The number of carbonyl (C=O) groups is 2. The van der Waals surface area contributed by atoms with Crippen LogP contribution in [-0.2, 0) is 9.59 Å². The molecule has 0 spiro atoms. The van der Waals surface area contributed by atoms with Gasteiger partial charge in [0.1, 0.15) is 0 Å². The fourth-order valence-corrected chi connectivity index (χ4v) is 4.36. The SMILES string of the molecule is CC1CC(C(=O)N2C[C@@H](C(F)(F)F)[C@H](C(=O)O)C2)CC(C)(C)C1. The maximum absolute atomic E-state index is 13.0. The Morgan fingerprint density at radius 3 is 2.22 bits per heavy atom. The highest BCUT2D eigenvalue weighted by Gasteiger charge is 2.54. The fraction of sp³-hybridized carbons (Fsp3) is 0.875. The second kappa shape index (κ2) is 5.98. The van der Waals surface area contributed by atoms with Crippen LogP contribution < -0.4 is 0 Å². The lowest BCUT2D eigenvalue weighted by molar-refractivity contribution is -0.188. The van der Waals surface area contributed by atoms with Crippen molar-refractivity contribution in [3.05, 3.63) is 0 Å². The number of hydrogen-bond acceptors (Lipinski definition) is 2. The van der Waals surface area contributed by atoms with Crippen LogP contribution in [0.1, 0.15) is 40.0 Å². The molecule has 7 heteroatoms. The first kappa shape index (κ1) is 18.1. The summed E-state index contributed by atoms with van der Waals surface area (Å²) < 4.78 is 39.1. The number of likely N-dealkylation sites (tertiary alicyclic amines) is 1. The topological polar surface area (TPSA) is 57.6 Å². The molecule has 1 saturated heterocycles. The molecule has 132 valence electrons. The highest BCUT2D eigenvalue weighted by atomic mass is 19.4. The lowest BCUT2D eigenvalue weighted by atomic mass is 9.67. The molecule has 0 aromatic heterocycles. The minimum atomic E-state index is -4.60. The number of alkyl halides is 3. The molecule has 2 rings (SSSR count). The van der Waals surface area contributed by atoms with Crippen LogP contribution in [0, 0.1) is 29.1 Å². The molecule has 2 fully saturated rings. The minimum absolute atomic E-state index is 0.0205. The van der Waals surface area contributed by atoms with Gasteiger partial charge in [-0.1, -0.05) is 20.8 Å². The van der Waals surface area contributed by atoms with E-state index in [1.54, 1.807) is 0 Å². The van der Waals surface area contributed by atoms with Crippen LogP contribution in [-0.4, -0.2) is 41.1 Å². The summed E-state index contributed by atoms with van der Waals surface area (Å²) in [6.07, 6.45) is -2.31. The second-order valence-electron chi connectivity index (χ2n) is 7.95. The van der Waals surface area contributed by atoms with Crippen LogP contribution in [0.2, 0.25) is 0 Å². The third-order valence-corrected chi connectivity index (χ3v) is 5.11. The molecule has 23 heavy (non-hydrogen) atoms. The van der Waals surface area contributed by atoms with Crippen LogP contribution in [0.5, 0.6) is 0 Å². The van der Waals surface area contributed by atoms with Gasteiger partial charge in [0, 0.05) is 19.0 Å². The van der Waals surface area contributed by atoms with E-state index in [1.807, 2.05) is 6.92 Å². The second-order valence-corrected chi connectivity index (χ2v) is 7.95. The van der Waals surface area contributed by atoms with Gasteiger partial charge in [-0.2, -0.15) is 13.2 Å². The zero-order valence-corrected chi connectivity index (χ0v) is 13.7. The van der Waals surface area contributed by atoms with Crippen molar-refractivity contribution >= 4 is 11.9 Å². The lowest BCUT2D eigenvalue weighted by Crippen LogP contribution is -2.40. The van der Waals surface area contributed by atoms with Crippen molar-refractivity contribution < 1.29 is 27.9 Å². The lowest BCUT2D eigenvalue weighted by Gasteiger charge is -2.39. The summed E-state index contributed by atoms with van der Waals surface area (Å²) in [4.78, 5) is 24.9. The van der Waals surface area contributed by atoms with Crippen LogP contribution in [0.4, 0.5) is 13.2 Å². The zero-order valence-electron chi connectivity index (χ0n) is 13.7. The Balaban J connectivity index is 2.13. The van der Waals surface area contributed by atoms with E-state index in [2.05, 4.69) is 13.8 Å². The molecule has 1 aliphatic heterocycles. The molecule has 0 radical (unpaired) electrons. The molecule has 0 aromatic rings. The van der Waals surface area contributed by atoms with Gasteiger partial charge in [-0.25, -0.2) is 0 Å². The van der Waals surface area contributed by atoms with E-state index >= 15 is 0 Å². The molecular weight excluding hydrogens is 311 g/mol. The Morgan fingerprint density at radius 1 is 1.17 bits per heavy atom. The number of carboxylic acids is 1. The fourth-order valence-electron chi connectivity index (χ4n) is 4.36. The van der Waals surface area contributed by atoms with Crippen molar-refractivity contribution in [3.63, 3.8) is 0 Å². The average molecular weight is 335 g/mol. The summed E-state index contributed by atoms with van der Waals surface area (Å²) in [6.45, 7) is 5.29. The number of amides is 1. The Bertz CT molecular complexity index is 489. The monoisotopic (exact) mass is 335 g/mol. The summed E-state index contributed by atoms with van der Waals surface area (Å²) in [6, 6.07) is 0. The molecule has 0 aromatic carbocycles. The molecule has 2 unspecified atom stereocenters. The molecule has 2 aliphatic rings. The van der Waals surface area contributed by atoms with Gasteiger partial charge in [-0.3, -0.25) is 9.59 Å². The van der Waals surface area contributed by atoms with Crippen molar-refractivity contribution in [1.82, 2.24) is 4.90 Å². The summed E-state index contributed by atoms with van der Waals surface area (Å²) >= 11 is 0. The maximum Gasteiger partial charge on any atom is 0.394 e. The van der Waals surface area contributed by atoms with Crippen molar-refractivity contribution in [2.45, 2.75) is 46.2 Å². The third-order valence-electron chi connectivity index (χ3n) is 5.11. The Labute approximate surface area is 134 Å². The first-order valence-electron chi connectivity index (χ1n) is 7.99. The van der Waals surface area contributed by atoms with Crippen molar-refractivity contribution in [2.24, 2.45) is 29.1 Å². The zero-order chi connectivity index (χ0) is 17.6. The van der Waals surface area contributed by atoms with Crippen LogP contribution >= 0.6 is 0 Å². The number of carbonyl (C=O) groups excluding carboxylic acids is 1. The number of hydrogen-bond donors (Lipinski definition) is 1. The number of carboxylic acid groups (broad SMARTS) is 1. The normalized spacial score (nSPS) is 34.4. The van der Waals surface area contributed by atoms with Gasteiger partial charge in [0.25, 0.3) is 0 Å². The Kier molecular flexibility index (Phi) is 4.70. The van der Waals surface area contributed by atoms with E-state index < -0.39 is 30.5 Å². The highest BCUT2D eigenvalue weighted by molar-refractivity contribution is 5.81. The Hall–Kier alpha value is -1.27. The predicted molar refractivity (Wildman–Crippen MR) is 77.5 cm³/mol. The molecular formula is C16H24F3NO3. The van der Waals surface area contributed by atoms with E-state index in [0.717, 1.165) is 11.3 Å². The van der Waals surface area contributed by atoms with Crippen LogP contribution in [0.15, 0.2) is 0 Å². The quantitative estimate of drug-likeness (QED) is 0.843. The van der Waals surface area contributed by atoms with Gasteiger partial charge in [0.05, 0.1) is 11.8 Å². The van der Waals surface area contributed by atoms with Gasteiger partial charge < -0.3 is 10.0 Å². The highest BCUT2D eigenvalue weighted by Crippen LogP contribution is 2.44. The molecule has 4 atom stereocenters. The van der Waals surface area contributed by atoms with Gasteiger partial charge in [0.15, 0.2) is 0 Å². The van der Waals surface area contributed by atoms with Crippen molar-refractivity contribution in [2.75, 3.05) is 13.1 Å². The summed E-state index contributed by atoms with van der Waals surface area (Å²) in [5.41, 5.74) is -0.0205. The van der Waals surface area contributed by atoms with E-state index in [4.69, 9.17) is 5.11 Å². The third kappa shape index (κ3) is 3.98. The average Bonchev–Trinajstić information content (AvgIpc) is 2.80. The maximum atomic E-state index is 13.0. The molecule has 4 nitrogen and oxygen atoms in total. The Morgan fingerprint density at radius 2 is 1.78 bits per heavy atom. The number of nitrogens with zero attached hydrogens (tertiary/aromatic N) is 1. The van der Waals surface area contributed by atoms with Crippen LogP contribution in [0.3, 0.4) is 0 Å². The summed E-state index contributed by atoms with van der Waals surface area (Å²) in [5.74, 6) is -5.31. The number of rotatable bonds is 2. The van der Waals surface area contributed by atoms with Crippen molar-refractivity contribution in [3.8, 4) is 0 Å². The first-order chi connectivity index (χ1) is 10.4. The van der Waals surface area contributed by atoms with Gasteiger partial charge in [-0.05, 0) is 30.6 Å². The molecule has 1 saturated carbocycles. The van der Waals surface area contributed by atoms with Gasteiger partial charge in [0.2, 0.25) is 5.91 Å². The summed E-state index contributed by atoms with van der Waals surface area (Å²) in [5, 5.41) is 9.04. The van der Waals surface area contributed by atoms with E-state index in [9.17, 15) is 22.8 Å². The van der Waals surface area contributed by atoms with E-state index in [0.29, 0.717) is 18.8 Å². The largest absolute Gasteiger partial charge is 0.481 e. The minimum Gasteiger partial charge on any atom is -0.481 e. The van der Waals surface area contributed by atoms with E-state index in [-0.39, 0.29) is 23.8 Å². The smallest absolute Gasteiger partial charge is 0.394 e. The van der Waals surface area contributed by atoms with Gasteiger partial charge in [-0.15, -0.1) is 0 Å². The molecule has 1 amide bonds. The first-order valence-corrected chi connectivity index (χ1v) is 7.99. The predicted octanol–water partition coefficient (Wildman–Crippen LogP) is 3.17. The van der Waals surface area contributed by atoms with E-state index in [1.165, 1.54) is 0 Å². The van der Waals surface area contributed by atoms with Crippen molar-refractivity contribution in [1.29, 1.82) is 0 Å². The number of halogens is 3. The van der Waals surface area contributed by atoms with Crippen LogP contribution in [0.25, 0.3) is 0 Å². The summed E-state index contributed by atoms with van der Waals surface area (Å²) in [7, 11) is 0. The molecule has 0 bridgehead atoms.